The van der Waals surface area contributed by atoms with Gasteiger partial charge in [0.05, 0.1) is 19.8 Å². The molecule has 2 N–H and O–H groups in total. The van der Waals surface area contributed by atoms with Crippen LogP contribution in [0.2, 0.25) is 0 Å². The molecule has 0 aliphatic carbocycles. The summed E-state index contributed by atoms with van der Waals surface area (Å²) in [5, 5.41) is 12.2. The third kappa shape index (κ3) is 12.1. The van der Waals surface area contributed by atoms with Crippen molar-refractivity contribution >= 4 is 12.0 Å². The maximum Gasteiger partial charge on any atom is 0.333 e. The highest BCUT2D eigenvalue weighted by Crippen LogP contribution is 2.15. The van der Waals surface area contributed by atoms with Gasteiger partial charge in [-0.1, -0.05) is 45.0 Å². The highest BCUT2D eigenvalue weighted by molar-refractivity contribution is 5.74. The maximum atomic E-state index is 13.1. The molecule has 0 heterocycles. The van der Waals surface area contributed by atoms with Gasteiger partial charge in [0, 0.05) is 26.1 Å². The third-order valence-electron chi connectivity index (χ3n) is 5.36. The molecule has 2 aromatic carbocycles. The number of hydrogen-bond donors (Lipinski definition) is 2. The fourth-order valence-corrected chi connectivity index (χ4v) is 3.34. The van der Waals surface area contributed by atoms with Crippen molar-refractivity contribution in [2.75, 3.05) is 39.5 Å². The molecule has 204 valence electrons. The van der Waals surface area contributed by atoms with Gasteiger partial charge in [0.2, 0.25) is 0 Å². The summed E-state index contributed by atoms with van der Waals surface area (Å²) in [6.07, 6.45) is -0.620. The predicted molar refractivity (Wildman–Crippen MR) is 139 cm³/mol. The largest absolute Gasteiger partial charge is 0.492 e. The number of carbonyl (C=O) groups is 2. The molecular formula is C28H39FN2O6. The lowest BCUT2D eigenvalue weighted by molar-refractivity contribution is -0.149. The average Bonchev–Trinajstić information content (AvgIpc) is 2.85. The van der Waals surface area contributed by atoms with Crippen molar-refractivity contribution in [1.82, 2.24) is 10.2 Å². The van der Waals surface area contributed by atoms with Gasteiger partial charge in [0.15, 0.2) is 6.10 Å². The van der Waals surface area contributed by atoms with Crippen LogP contribution in [0.3, 0.4) is 0 Å². The van der Waals surface area contributed by atoms with Crippen molar-refractivity contribution in [3.05, 3.63) is 65.5 Å². The summed E-state index contributed by atoms with van der Waals surface area (Å²) in [5.74, 6) is -0.668. The Hall–Kier alpha value is -3.17. The van der Waals surface area contributed by atoms with Gasteiger partial charge >= 0.3 is 12.0 Å². The molecule has 0 bridgehead atoms. The van der Waals surface area contributed by atoms with Crippen LogP contribution >= 0.6 is 0 Å². The molecular weight excluding hydrogens is 479 g/mol. The van der Waals surface area contributed by atoms with Gasteiger partial charge in [-0.3, -0.25) is 0 Å². The molecule has 2 amide bonds. The van der Waals surface area contributed by atoms with Crippen molar-refractivity contribution in [2.45, 2.75) is 46.8 Å². The Labute approximate surface area is 218 Å². The van der Waals surface area contributed by atoms with E-state index in [4.69, 9.17) is 14.2 Å². The number of urea groups is 1. The first kappa shape index (κ1) is 30.1. The van der Waals surface area contributed by atoms with Crippen molar-refractivity contribution in [2.24, 2.45) is 5.41 Å². The number of ether oxygens (including phenoxy) is 3. The van der Waals surface area contributed by atoms with Gasteiger partial charge in [-0.05, 0) is 47.7 Å². The normalized spacial score (nSPS) is 12.1. The second-order valence-corrected chi connectivity index (χ2v) is 9.86. The van der Waals surface area contributed by atoms with Crippen LogP contribution < -0.4 is 10.1 Å². The Bertz CT molecular complexity index is 960. The minimum absolute atomic E-state index is 0.0551. The summed E-state index contributed by atoms with van der Waals surface area (Å²) in [5.41, 5.74) is 1.63. The molecule has 0 radical (unpaired) electrons. The number of carbonyl (C=O) groups excluding carboxylic acids is 1. The summed E-state index contributed by atoms with van der Waals surface area (Å²) in [4.78, 5) is 25.7. The van der Waals surface area contributed by atoms with Crippen LogP contribution in [0.1, 0.15) is 38.8 Å². The van der Waals surface area contributed by atoms with Crippen LogP contribution in [0.5, 0.6) is 5.75 Å². The lowest BCUT2D eigenvalue weighted by atomic mass is 9.97. The zero-order valence-electron chi connectivity index (χ0n) is 22.2. The zero-order valence-corrected chi connectivity index (χ0v) is 22.2. The van der Waals surface area contributed by atoms with Gasteiger partial charge < -0.3 is 29.5 Å². The maximum absolute atomic E-state index is 13.1. The van der Waals surface area contributed by atoms with E-state index in [1.807, 2.05) is 20.8 Å². The number of halogens is 1. The second kappa shape index (κ2) is 15.2. The minimum atomic E-state index is -0.992. The van der Waals surface area contributed by atoms with Gasteiger partial charge in [-0.25, -0.2) is 14.0 Å². The van der Waals surface area contributed by atoms with Crippen molar-refractivity contribution in [3.63, 3.8) is 0 Å². The van der Waals surface area contributed by atoms with Crippen LogP contribution in [-0.2, 0) is 27.3 Å². The van der Waals surface area contributed by atoms with Crippen molar-refractivity contribution in [1.29, 1.82) is 0 Å². The SMILES string of the molecule is CCOC(Cc1ccc(OCCN(CCOCc2ccc(F)cc2)C(=O)NCC(C)(C)C)cc1)C(=O)O. The molecule has 0 aliphatic rings. The molecule has 1 unspecified atom stereocenters. The molecule has 0 spiro atoms. The van der Waals surface area contributed by atoms with Gasteiger partial charge in [0.1, 0.15) is 18.2 Å². The molecule has 0 saturated heterocycles. The lowest BCUT2D eigenvalue weighted by Gasteiger charge is -2.26. The van der Waals surface area contributed by atoms with Crippen LogP contribution in [-0.4, -0.2) is 67.6 Å². The van der Waals surface area contributed by atoms with Crippen LogP contribution in [0.4, 0.5) is 9.18 Å². The lowest BCUT2D eigenvalue weighted by Crippen LogP contribution is -2.45. The number of benzene rings is 2. The van der Waals surface area contributed by atoms with E-state index in [0.29, 0.717) is 45.2 Å². The summed E-state index contributed by atoms with van der Waals surface area (Å²) in [6, 6.07) is 13.1. The van der Waals surface area contributed by atoms with Gasteiger partial charge in [0.25, 0.3) is 0 Å². The summed E-state index contributed by atoms with van der Waals surface area (Å²) >= 11 is 0. The first-order valence-electron chi connectivity index (χ1n) is 12.5. The van der Waals surface area contributed by atoms with Crippen LogP contribution in [0.25, 0.3) is 0 Å². The Morgan fingerprint density at radius 2 is 1.62 bits per heavy atom. The molecule has 0 aliphatic heterocycles. The molecule has 0 fully saturated rings. The van der Waals surface area contributed by atoms with E-state index in [9.17, 15) is 19.1 Å². The average molecular weight is 519 g/mol. The van der Waals surface area contributed by atoms with E-state index in [2.05, 4.69) is 5.32 Å². The Morgan fingerprint density at radius 1 is 1.00 bits per heavy atom. The Morgan fingerprint density at radius 3 is 2.22 bits per heavy atom. The number of hydrogen-bond acceptors (Lipinski definition) is 5. The number of amides is 2. The fourth-order valence-electron chi connectivity index (χ4n) is 3.34. The smallest absolute Gasteiger partial charge is 0.333 e. The first-order valence-corrected chi connectivity index (χ1v) is 12.5. The number of aliphatic carboxylic acids is 1. The molecule has 9 heteroatoms. The van der Waals surface area contributed by atoms with E-state index in [0.717, 1.165) is 11.1 Å². The topological polar surface area (TPSA) is 97.3 Å². The summed E-state index contributed by atoms with van der Waals surface area (Å²) in [7, 11) is 0. The summed E-state index contributed by atoms with van der Waals surface area (Å²) < 4.78 is 29.8. The fraction of sp³-hybridized carbons (Fsp3) is 0.500. The summed E-state index contributed by atoms with van der Waals surface area (Å²) in [6.45, 7) is 10.4. The van der Waals surface area contributed by atoms with Gasteiger partial charge in [-0.15, -0.1) is 0 Å². The number of carboxylic acids is 1. The molecule has 0 aromatic heterocycles. The second-order valence-electron chi connectivity index (χ2n) is 9.86. The highest BCUT2D eigenvalue weighted by atomic mass is 19.1. The number of nitrogens with zero attached hydrogens (tertiary/aromatic N) is 1. The zero-order chi connectivity index (χ0) is 27.3. The van der Waals surface area contributed by atoms with E-state index >= 15 is 0 Å². The monoisotopic (exact) mass is 518 g/mol. The standard InChI is InChI=1S/C28H39FN2O6/c1-5-36-25(26(32)33)18-21-8-12-24(13-9-21)37-17-15-31(27(34)30-20-28(2,3)4)14-16-35-19-22-6-10-23(29)11-7-22/h6-13,25H,5,14-20H2,1-4H3,(H,30,34)(H,32,33). The van der Waals surface area contributed by atoms with Gasteiger partial charge in [-0.2, -0.15) is 0 Å². The van der Waals surface area contributed by atoms with Crippen molar-refractivity contribution < 1.29 is 33.3 Å². The predicted octanol–water partition coefficient (Wildman–Crippen LogP) is 4.51. The number of rotatable bonds is 15. The van der Waals surface area contributed by atoms with Crippen molar-refractivity contribution in [3.8, 4) is 5.75 Å². The van der Waals surface area contributed by atoms with E-state index in [1.165, 1.54) is 12.1 Å². The Balaban J connectivity index is 1.86. The highest BCUT2D eigenvalue weighted by Gasteiger charge is 2.19. The third-order valence-corrected chi connectivity index (χ3v) is 5.36. The Kier molecular flexibility index (Phi) is 12.3. The molecule has 2 rings (SSSR count). The molecule has 8 nitrogen and oxygen atoms in total. The number of carboxylic acid groups (broad SMARTS) is 1. The first-order chi connectivity index (χ1) is 17.6. The molecule has 0 saturated carbocycles. The molecule has 2 aromatic rings. The van der Waals surface area contributed by atoms with E-state index in [1.54, 1.807) is 48.2 Å². The molecule has 1 atom stereocenters. The minimum Gasteiger partial charge on any atom is -0.492 e. The quantitative estimate of drug-likeness (QED) is 0.337. The van der Waals surface area contributed by atoms with E-state index in [-0.39, 0.29) is 30.3 Å². The van der Waals surface area contributed by atoms with Crippen LogP contribution in [0.15, 0.2) is 48.5 Å². The van der Waals surface area contributed by atoms with Crippen LogP contribution in [0, 0.1) is 11.2 Å². The molecule has 37 heavy (non-hydrogen) atoms. The van der Waals surface area contributed by atoms with E-state index < -0.39 is 12.1 Å². The number of nitrogens with one attached hydrogen (secondary N) is 1.